The molecule has 3 unspecified atom stereocenters. The zero-order chi connectivity index (χ0) is 11.2. The lowest BCUT2D eigenvalue weighted by Gasteiger charge is -2.29. The van der Waals surface area contributed by atoms with E-state index in [1.165, 1.54) is 30.1 Å². The van der Waals surface area contributed by atoms with Gasteiger partial charge in [0.1, 0.15) is 0 Å². The van der Waals surface area contributed by atoms with Gasteiger partial charge in [0.25, 0.3) is 0 Å². The van der Waals surface area contributed by atoms with Crippen LogP contribution in [0.4, 0.5) is 0 Å². The molecule has 0 bridgehead atoms. The normalized spacial score (nSPS) is 32.8. The second kappa shape index (κ2) is 7.11. The van der Waals surface area contributed by atoms with Gasteiger partial charge in [0.05, 0.1) is 6.10 Å². The van der Waals surface area contributed by atoms with Gasteiger partial charge in [-0.2, -0.15) is 23.5 Å². The summed E-state index contributed by atoms with van der Waals surface area (Å²) in [5.41, 5.74) is 3.01. The Morgan fingerprint density at radius 3 is 3.00 bits per heavy atom. The zero-order valence-electron chi connectivity index (χ0n) is 9.69. The first-order valence-corrected chi connectivity index (χ1v) is 8.37. The minimum absolute atomic E-state index is 0.460. The smallest absolute Gasteiger partial charge is 0.0576 e. The van der Waals surface area contributed by atoms with Gasteiger partial charge in [-0.05, 0) is 25.7 Å². The van der Waals surface area contributed by atoms with Crippen LogP contribution in [-0.4, -0.2) is 41.3 Å². The van der Waals surface area contributed by atoms with Crippen LogP contribution in [-0.2, 0) is 4.74 Å². The number of thioether (sulfide) groups is 2. The van der Waals surface area contributed by atoms with Crippen LogP contribution in [0.25, 0.3) is 0 Å². The predicted octanol–water partition coefficient (Wildman–Crippen LogP) is 1.63. The molecule has 16 heavy (non-hydrogen) atoms. The first kappa shape index (κ1) is 13.0. The molecule has 2 aliphatic rings. The number of hydrazine groups is 1. The molecule has 94 valence electrons. The van der Waals surface area contributed by atoms with Crippen LogP contribution in [0.3, 0.4) is 0 Å². The molecular formula is C11H22N2OS2. The Hall–Kier alpha value is 0.580. The summed E-state index contributed by atoms with van der Waals surface area (Å²) in [5.74, 6) is 9.48. The molecule has 5 heteroatoms. The van der Waals surface area contributed by atoms with Gasteiger partial charge in [-0.15, -0.1) is 0 Å². The second-order valence-electron chi connectivity index (χ2n) is 4.47. The fraction of sp³-hybridized carbons (Fsp3) is 1.00. The van der Waals surface area contributed by atoms with Crippen LogP contribution in [0.5, 0.6) is 0 Å². The van der Waals surface area contributed by atoms with Crippen molar-refractivity contribution in [3.8, 4) is 0 Å². The van der Waals surface area contributed by atoms with E-state index in [0.717, 1.165) is 19.4 Å². The lowest BCUT2D eigenvalue weighted by Crippen LogP contribution is -2.45. The van der Waals surface area contributed by atoms with E-state index in [1.807, 2.05) is 0 Å². The highest BCUT2D eigenvalue weighted by Crippen LogP contribution is 2.29. The standard InChI is InChI=1S/C11H22N2OS2/c12-13-10(11-8-15-6-7-16-11)4-3-9-2-1-5-14-9/h9-11,13H,1-8,12H2. The van der Waals surface area contributed by atoms with Gasteiger partial charge < -0.3 is 4.74 Å². The Morgan fingerprint density at radius 2 is 2.38 bits per heavy atom. The molecule has 0 radical (unpaired) electrons. The van der Waals surface area contributed by atoms with Crippen molar-refractivity contribution < 1.29 is 4.74 Å². The number of nitrogens with one attached hydrogen (secondary N) is 1. The van der Waals surface area contributed by atoms with Gasteiger partial charge in [0, 0.05) is 35.2 Å². The first-order valence-electron chi connectivity index (χ1n) is 6.17. The third-order valence-electron chi connectivity index (χ3n) is 3.33. The van der Waals surface area contributed by atoms with Gasteiger partial charge in [-0.25, -0.2) is 0 Å². The van der Waals surface area contributed by atoms with E-state index in [-0.39, 0.29) is 0 Å². The van der Waals surface area contributed by atoms with Gasteiger partial charge in [0.2, 0.25) is 0 Å². The van der Waals surface area contributed by atoms with Crippen LogP contribution in [0.1, 0.15) is 25.7 Å². The Bertz CT molecular complexity index is 194. The number of hydrogen-bond donors (Lipinski definition) is 2. The summed E-state index contributed by atoms with van der Waals surface area (Å²) in [6, 6.07) is 0.460. The molecule has 0 amide bonds. The highest BCUT2D eigenvalue weighted by molar-refractivity contribution is 8.06. The van der Waals surface area contributed by atoms with E-state index >= 15 is 0 Å². The maximum atomic E-state index is 5.67. The number of nitrogens with two attached hydrogens (primary N) is 1. The molecule has 2 fully saturated rings. The molecule has 0 aliphatic carbocycles. The van der Waals surface area contributed by atoms with Crippen molar-refractivity contribution in [2.75, 3.05) is 23.9 Å². The van der Waals surface area contributed by atoms with E-state index in [4.69, 9.17) is 10.6 Å². The van der Waals surface area contributed by atoms with Crippen molar-refractivity contribution in [1.29, 1.82) is 0 Å². The molecule has 0 saturated carbocycles. The summed E-state index contributed by atoms with van der Waals surface area (Å²) in [6.45, 7) is 0.958. The average molecular weight is 262 g/mol. The third-order valence-corrected chi connectivity index (χ3v) is 6.25. The number of ether oxygens (including phenoxy) is 1. The summed E-state index contributed by atoms with van der Waals surface area (Å²) in [6.07, 6.45) is 5.29. The highest BCUT2D eigenvalue weighted by Gasteiger charge is 2.25. The molecular weight excluding hydrogens is 240 g/mol. The van der Waals surface area contributed by atoms with Crippen molar-refractivity contribution >= 4 is 23.5 Å². The Morgan fingerprint density at radius 1 is 1.44 bits per heavy atom. The van der Waals surface area contributed by atoms with E-state index in [1.54, 1.807) is 0 Å². The van der Waals surface area contributed by atoms with Crippen molar-refractivity contribution in [2.24, 2.45) is 5.84 Å². The first-order chi connectivity index (χ1) is 7.90. The van der Waals surface area contributed by atoms with Gasteiger partial charge in [-0.3, -0.25) is 11.3 Å². The van der Waals surface area contributed by atoms with E-state index < -0.39 is 0 Å². The molecule has 2 heterocycles. The Balaban J connectivity index is 1.70. The molecule has 0 aromatic heterocycles. The van der Waals surface area contributed by atoms with Gasteiger partial charge >= 0.3 is 0 Å². The largest absolute Gasteiger partial charge is 0.378 e. The molecule has 0 spiro atoms. The summed E-state index contributed by atoms with van der Waals surface area (Å²) >= 11 is 4.13. The summed E-state index contributed by atoms with van der Waals surface area (Å²) in [4.78, 5) is 0. The van der Waals surface area contributed by atoms with E-state index in [0.29, 0.717) is 17.4 Å². The number of rotatable bonds is 5. The summed E-state index contributed by atoms with van der Waals surface area (Å²) in [7, 11) is 0. The molecule has 2 aliphatic heterocycles. The average Bonchev–Trinajstić information content (AvgIpc) is 2.84. The van der Waals surface area contributed by atoms with Crippen LogP contribution in [0.2, 0.25) is 0 Å². The number of hydrogen-bond acceptors (Lipinski definition) is 5. The molecule has 3 N–H and O–H groups in total. The molecule has 2 saturated heterocycles. The molecule has 2 rings (SSSR count). The molecule has 0 aromatic rings. The minimum Gasteiger partial charge on any atom is -0.378 e. The van der Waals surface area contributed by atoms with Crippen LogP contribution in [0.15, 0.2) is 0 Å². The fourth-order valence-corrected chi connectivity index (χ4v) is 5.26. The van der Waals surface area contributed by atoms with Crippen LogP contribution < -0.4 is 11.3 Å². The van der Waals surface area contributed by atoms with Crippen molar-refractivity contribution in [1.82, 2.24) is 5.43 Å². The fourth-order valence-electron chi connectivity index (χ4n) is 2.35. The topological polar surface area (TPSA) is 47.3 Å². The summed E-state index contributed by atoms with van der Waals surface area (Å²) < 4.78 is 5.65. The van der Waals surface area contributed by atoms with Gasteiger partial charge in [-0.1, -0.05) is 0 Å². The maximum Gasteiger partial charge on any atom is 0.0576 e. The lowest BCUT2D eigenvalue weighted by molar-refractivity contribution is 0.0996. The Kier molecular flexibility index (Phi) is 5.79. The van der Waals surface area contributed by atoms with Gasteiger partial charge in [0.15, 0.2) is 0 Å². The lowest BCUT2D eigenvalue weighted by atomic mass is 10.0. The summed E-state index contributed by atoms with van der Waals surface area (Å²) in [5, 5.41) is 0.685. The Labute approximate surface area is 107 Å². The SMILES string of the molecule is NNC(CCC1CCCO1)C1CSCCS1. The quantitative estimate of drug-likeness (QED) is 0.582. The van der Waals surface area contributed by atoms with Crippen LogP contribution >= 0.6 is 23.5 Å². The predicted molar refractivity (Wildman–Crippen MR) is 72.9 cm³/mol. The van der Waals surface area contributed by atoms with Crippen molar-refractivity contribution in [2.45, 2.75) is 43.1 Å². The molecule has 0 aromatic carbocycles. The monoisotopic (exact) mass is 262 g/mol. The third kappa shape index (κ3) is 3.81. The maximum absolute atomic E-state index is 5.67. The van der Waals surface area contributed by atoms with Crippen molar-refractivity contribution in [3.63, 3.8) is 0 Å². The van der Waals surface area contributed by atoms with E-state index in [9.17, 15) is 0 Å². The van der Waals surface area contributed by atoms with Crippen LogP contribution in [0, 0.1) is 0 Å². The molecule has 3 atom stereocenters. The zero-order valence-corrected chi connectivity index (χ0v) is 11.3. The second-order valence-corrected chi connectivity index (χ2v) is 6.97. The highest BCUT2D eigenvalue weighted by atomic mass is 32.2. The minimum atomic E-state index is 0.460. The molecule has 3 nitrogen and oxygen atoms in total. The van der Waals surface area contributed by atoms with Crippen molar-refractivity contribution in [3.05, 3.63) is 0 Å². The van der Waals surface area contributed by atoms with E-state index in [2.05, 4.69) is 28.9 Å².